The molecule has 1 N–H and O–H groups in total. The van der Waals surface area contributed by atoms with Gasteiger partial charge in [0.25, 0.3) is 0 Å². The van der Waals surface area contributed by atoms with Gasteiger partial charge in [0.1, 0.15) is 25.4 Å². The minimum Gasteiger partial charge on any atom is -0.463 e. The van der Waals surface area contributed by atoms with Gasteiger partial charge in [0.2, 0.25) is 0 Å². The van der Waals surface area contributed by atoms with E-state index in [0.717, 1.165) is 19.3 Å². The molecule has 3 unspecified atom stereocenters. The number of ether oxygens (including phenoxy) is 4. The first-order valence-corrected chi connectivity index (χ1v) is 9.13. The van der Waals surface area contributed by atoms with Crippen LogP contribution in [-0.4, -0.2) is 57.2 Å². The molecule has 2 aliphatic rings. The SMILES string of the molecule is CC(CCC(C)(C)CCC(=O)OCC1CO1)CNC(=O)OCC1CO1. The largest absolute Gasteiger partial charge is 0.463 e. The summed E-state index contributed by atoms with van der Waals surface area (Å²) in [6.45, 7) is 9.10. The van der Waals surface area contributed by atoms with Crippen molar-refractivity contribution in [2.45, 2.75) is 58.7 Å². The van der Waals surface area contributed by atoms with Gasteiger partial charge in [-0.2, -0.15) is 0 Å². The second-order valence-electron chi connectivity index (χ2n) is 7.88. The van der Waals surface area contributed by atoms with Gasteiger partial charge in [-0.15, -0.1) is 0 Å². The monoisotopic (exact) mass is 357 g/mol. The second-order valence-corrected chi connectivity index (χ2v) is 7.88. The Bertz CT molecular complexity index is 445. The third kappa shape index (κ3) is 9.65. The van der Waals surface area contributed by atoms with Crippen LogP contribution < -0.4 is 5.32 Å². The van der Waals surface area contributed by atoms with E-state index in [1.807, 2.05) is 0 Å². The van der Waals surface area contributed by atoms with Gasteiger partial charge < -0.3 is 24.3 Å². The molecule has 0 aromatic heterocycles. The molecule has 0 aromatic carbocycles. The van der Waals surface area contributed by atoms with Crippen LogP contribution in [0.5, 0.6) is 0 Å². The Morgan fingerprint density at radius 2 is 1.72 bits per heavy atom. The number of amides is 1. The molecule has 7 heteroatoms. The lowest BCUT2D eigenvalue weighted by molar-refractivity contribution is -0.144. The molecule has 2 heterocycles. The van der Waals surface area contributed by atoms with Gasteiger partial charge >= 0.3 is 12.1 Å². The molecule has 144 valence electrons. The molecule has 1 amide bonds. The topological polar surface area (TPSA) is 89.7 Å². The van der Waals surface area contributed by atoms with Crippen LogP contribution in [0.15, 0.2) is 0 Å². The zero-order valence-corrected chi connectivity index (χ0v) is 15.5. The number of hydrogen-bond acceptors (Lipinski definition) is 6. The highest BCUT2D eigenvalue weighted by Crippen LogP contribution is 2.30. The molecular weight excluding hydrogens is 326 g/mol. The van der Waals surface area contributed by atoms with E-state index in [4.69, 9.17) is 18.9 Å². The lowest BCUT2D eigenvalue weighted by atomic mass is 9.81. The van der Waals surface area contributed by atoms with Crippen molar-refractivity contribution in [1.82, 2.24) is 5.32 Å². The standard InChI is InChI=1S/C18H31NO6/c1-13(8-19-17(21)25-12-15-10-23-15)4-6-18(2,3)7-5-16(20)24-11-14-9-22-14/h13-15H,4-12H2,1-3H3,(H,19,21). The number of nitrogens with one attached hydrogen (secondary N) is 1. The Morgan fingerprint density at radius 1 is 1.12 bits per heavy atom. The first kappa shape index (κ1) is 20.0. The van der Waals surface area contributed by atoms with Gasteiger partial charge in [-0.25, -0.2) is 4.79 Å². The summed E-state index contributed by atoms with van der Waals surface area (Å²) < 4.78 is 20.2. The summed E-state index contributed by atoms with van der Waals surface area (Å²) in [4.78, 5) is 23.2. The Hall–Kier alpha value is -1.34. The molecule has 2 rings (SSSR count). The molecule has 0 aromatic rings. The van der Waals surface area contributed by atoms with Crippen LogP contribution in [0.2, 0.25) is 0 Å². The highest BCUT2D eigenvalue weighted by Gasteiger charge is 2.26. The number of epoxide rings is 2. The molecule has 3 atom stereocenters. The molecule has 25 heavy (non-hydrogen) atoms. The number of carbonyl (C=O) groups excluding carboxylic acids is 2. The number of esters is 1. The van der Waals surface area contributed by atoms with Crippen LogP contribution in [0, 0.1) is 11.3 Å². The average molecular weight is 357 g/mol. The summed E-state index contributed by atoms with van der Waals surface area (Å²) in [6, 6.07) is 0. The second kappa shape index (κ2) is 9.38. The Morgan fingerprint density at radius 3 is 2.32 bits per heavy atom. The van der Waals surface area contributed by atoms with Crippen molar-refractivity contribution in [3.63, 3.8) is 0 Å². The molecule has 2 aliphatic heterocycles. The van der Waals surface area contributed by atoms with Crippen molar-refractivity contribution in [1.29, 1.82) is 0 Å². The van der Waals surface area contributed by atoms with Crippen LogP contribution in [0.3, 0.4) is 0 Å². The lowest BCUT2D eigenvalue weighted by Gasteiger charge is -2.26. The molecule has 0 spiro atoms. The van der Waals surface area contributed by atoms with E-state index >= 15 is 0 Å². The van der Waals surface area contributed by atoms with E-state index in [-0.39, 0.29) is 29.7 Å². The number of alkyl carbamates (subject to hydrolysis) is 1. The predicted molar refractivity (Wildman–Crippen MR) is 91.2 cm³/mol. The van der Waals surface area contributed by atoms with Crippen LogP contribution in [-0.2, 0) is 23.7 Å². The summed E-state index contributed by atoms with van der Waals surface area (Å²) in [5.41, 5.74) is 0.0627. The fraction of sp³-hybridized carbons (Fsp3) is 0.889. The van der Waals surface area contributed by atoms with E-state index in [2.05, 4.69) is 26.1 Å². The maximum atomic E-state index is 11.7. The molecule has 7 nitrogen and oxygen atoms in total. The van der Waals surface area contributed by atoms with Crippen LogP contribution in [0.4, 0.5) is 4.79 Å². The molecular formula is C18H31NO6. The molecule has 0 radical (unpaired) electrons. The van der Waals surface area contributed by atoms with Gasteiger partial charge in [0, 0.05) is 13.0 Å². The maximum Gasteiger partial charge on any atom is 0.407 e. The molecule has 0 saturated carbocycles. The van der Waals surface area contributed by atoms with E-state index in [1.165, 1.54) is 0 Å². The third-order valence-electron chi connectivity index (χ3n) is 4.55. The number of rotatable bonds is 12. The van der Waals surface area contributed by atoms with Crippen LogP contribution in [0.25, 0.3) is 0 Å². The lowest BCUT2D eigenvalue weighted by Crippen LogP contribution is -2.30. The van der Waals surface area contributed by atoms with Crippen molar-refractivity contribution in [2.24, 2.45) is 11.3 Å². The maximum absolute atomic E-state index is 11.7. The third-order valence-corrected chi connectivity index (χ3v) is 4.55. The Labute approximate surface area is 149 Å². The van der Waals surface area contributed by atoms with E-state index < -0.39 is 0 Å². The van der Waals surface area contributed by atoms with Crippen molar-refractivity contribution >= 4 is 12.1 Å². The summed E-state index contributed by atoms with van der Waals surface area (Å²) >= 11 is 0. The minimum atomic E-state index is -0.385. The van der Waals surface area contributed by atoms with Crippen LogP contribution in [0.1, 0.15) is 46.5 Å². The highest BCUT2D eigenvalue weighted by atomic mass is 16.6. The fourth-order valence-electron chi connectivity index (χ4n) is 2.37. The summed E-state index contributed by atoms with van der Waals surface area (Å²) in [6.07, 6.45) is 3.01. The normalized spacial score (nSPS) is 22.8. The van der Waals surface area contributed by atoms with Gasteiger partial charge in [0.15, 0.2) is 0 Å². The first-order valence-electron chi connectivity index (χ1n) is 9.13. The van der Waals surface area contributed by atoms with Gasteiger partial charge in [0.05, 0.1) is 13.2 Å². The molecule has 2 fully saturated rings. The van der Waals surface area contributed by atoms with Crippen molar-refractivity contribution in [2.75, 3.05) is 33.0 Å². The van der Waals surface area contributed by atoms with E-state index in [0.29, 0.717) is 45.3 Å². The van der Waals surface area contributed by atoms with Gasteiger partial charge in [-0.1, -0.05) is 20.8 Å². The van der Waals surface area contributed by atoms with Crippen molar-refractivity contribution in [3.8, 4) is 0 Å². The van der Waals surface area contributed by atoms with Gasteiger partial charge in [-0.05, 0) is 30.6 Å². The predicted octanol–water partition coefficient (Wildman–Crippen LogP) is 2.28. The average Bonchev–Trinajstić information content (AvgIpc) is 3.46. The quantitative estimate of drug-likeness (QED) is 0.426. The van der Waals surface area contributed by atoms with Gasteiger partial charge in [-0.3, -0.25) is 4.79 Å². The molecule has 2 saturated heterocycles. The van der Waals surface area contributed by atoms with Crippen LogP contribution >= 0.6 is 0 Å². The number of hydrogen-bond donors (Lipinski definition) is 1. The molecule has 0 bridgehead atoms. The van der Waals surface area contributed by atoms with E-state index in [9.17, 15) is 9.59 Å². The molecule has 0 aliphatic carbocycles. The van der Waals surface area contributed by atoms with E-state index in [1.54, 1.807) is 0 Å². The summed E-state index contributed by atoms with van der Waals surface area (Å²) in [5, 5.41) is 2.78. The number of carbonyl (C=O) groups is 2. The zero-order chi connectivity index (χ0) is 18.3. The first-order chi connectivity index (χ1) is 11.8. The van der Waals surface area contributed by atoms with Crippen molar-refractivity contribution in [3.05, 3.63) is 0 Å². The Balaban J connectivity index is 1.50. The summed E-state index contributed by atoms with van der Waals surface area (Å²) in [7, 11) is 0. The smallest absolute Gasteiger partial charge is 0.407 e. The van der Waals surface area contributed by atoms with Crippen molar-refractivity contribution < 1.29 is 28.5 Å². The zero-order valence-electron chi connectivity index (χ0n) is 15.5. The Kier molecular flexibility index (Phi) is 7.50. The fourth-order valence-corrected chi connectivity index (χ4v) is 2.37. The highest BCUT2D eigenvalue weighted by molar-refractivity contribution is 5.69. The summed E-state index contributed by atoms with van der Waals surface area (Å²) in [5.74, 6) is 0.198. The minimum absolute atomic E-state index is 0.0627.